The molecule has 6 aromatic carbocycles. The summed E-state index contributed by atoms with van der Waals surface area (Å²) in [5, 5.41) is 98.9. The second kappa shape index (κ2) is 42.4. The number of H-pyrrole nitrogens is 1. The highest BCUT2D eigenvalue weighted by Crippen LogP contribution is 2.36. The summed E-state index contributed by atoms with van der Waals surface area (Å²) in [5.41, 5.74) is 14.4. The Hall–Kier alpha value is -11.8. The van der Waals surface area contributed by atoms with E-state index in [1.807, 2.05) is 77.9 Å². The molecule has 0 aliphatic heterocycles. The summed E-state index contributed by atoms with van der Waals surface area (Å²) >= 11 is 30.0. The van der Waals surface area contributed by atoms with Crippen molar-refractivity contribution in [2.45, 2.75) is 94.0 Å². The molecular weight excluding hydrogens is 1590 g/mol. The number of benzene rings is 6. The van der Waals surface area contributed by atoms with Gasteiger partial charge in [0.05, 0.1) is 60.8 Å². The van der Waals surface area contributed by atoms with Crippen molar-refractivity contribution in [2.75, 3.05) is 31.9 Å². The molecule has 0 spiro atoms. The predicted octanol–water partition coefficient (Wildman–Crippen LogP) is 16.0. The smallest absolute Gasteiger partial charge is 0.309 e. The highest BCUT2D eigenvalue weighted by molar-refractivity contribution is 6.32. The third-order valence-corrected chi connectivity index (χ3v) is 18.2. The van der Waals surface area contributed by atoms with Crippen molar-refractivity contribution < 1.29 is 44.0 Å². The molecule has 12 rings (SSSR count). The summed E-state index contributed by atoms with van der Waals surface area (Å²) in [7, 11) is 8.69. The zero-order valence-corrected chi connectivity index (χ0v) is 69.1. The Labute approximate surface area is 688 Å². The lowest BCUT2D eigenvalue weighted by Gasteiger charge is -2.28. The van der Waals surface area contributed by atoms with Gasteiger partial charge in [-0.05, 0) is 200 Å². The van der Waals surface area contributed by atoms with E-state index >= 15 is 0 Å². The average molecular weight is 1680 g/mol. The van der Waals surface area contributed by atoms with Crippen molar-refractivity contribution in [2.24, 2.45) is 69.6 Å². The number of carboxylic acid groups (broad SMARTS) is 4. The summed E-state index contributed by atoms with van der Waals surface area (Å²) < 4.78 is 14.4. The molecule has 6 heterocycles. The molecule has 115 heavy (non-hydrogen) atoms. The number of hydrogen-bond donors (Lipinski definition) is 12. The lowest BCUT2D eigenvalue weighted by molar-refractivity contribution is -0.147. The first-order chi connectivity index (χ1) is 54.3. The molecule has 0 fully saturated rings. The largest absolute Gasteiger partial charge is 0.481 e. The fourth-order valence-electron chi connectivity index (χ4n) is 10.8. The Morgan fingerprint density at radius 2 is 0.913 bits per heavy atom. The predicted molar refractivity (Wildman–Crippen MR) is 445 cm³/mol. The maximum atomic E-state index is 12.8. The van der Waals surface area contributed by atoms with Crippen LogP contribution in [-0.2, 0) is 86.6 Å². The van der Waals surface area contributed by atoms with Gasteiger partial charge in [0.15, 0.2) is 29.1 Å². The van der Waals surface area contributed by atoms with Crippen molar-refractivity contribution in [3.8, 4) is 0 Å². The van der Waals surface area contributed by atoms with E-state index in [9.17, 15) is 38.9 Å². The minimum atomic E-state index is -0.885. The fraction of sp³-hybridized carbons (Fsp3) is 0.312. The van der Waals surface area contributed by atoms with Crippen LogP contribution in [0.15, 0.2) is 153 Å². The van der Waals surface area contributed by atoms with Crippen LogP contribution in [0, 0.1) is 41.3 Å². The Bertz CT molecular complexity index is 5200. The number of aliphatic carboxylic acids is 4. The first-order valence-corrected chi connectivity index (χ1v) is 37.4. The highest BCUT2D eigenvalue weighted by Gasteiger charge is 2.33. The Kier molecular flexibility index (Phi) is 33.3. The van der Waals surface area contributed by atoms with E-state index in [0.29, 0.717) is 86.4 Å². The molecule has 0 aliphatic rings. The number of aromatic nitrogens is 17. The molecule has 0 amide bonds. The third-order valence-electron chi connectivity index (χ3n) is 17.0. The van der Waals surface area contributed by atoms with E-state index in [4.69, 9.17) is 68.8 Å². The second-order valence-electron chi connectivity index (χ2n) is 28.2. The maximum Gasteiger partial charge on any atom is 0.309 e. The Morgan fingerprint density at radius 3 is 1.27 bits per heavy atom. The lowest BCUT2D eigenvalue weighted by atomic mass is 9.77. The van der Waals surface area contributed by atoms with E-state index < -0.39 is 41.1 Å². The van der Waals surface area contributed by atoms with Gasteiger partial charge in [-0.2, -0.15) is 39.6 Å². The zero-order chi connectivity index (χ0) is 84.4. The number of carboxylic acids is 4. The van der Waals surface area contributed by atoms with Crippen LogP contribution in [0.1, 0.15) is 88.3 Å². The molecule has 2 unspecified atom stereocenters. The van der Waals surface area contributed by atoms with E-state index in [-0.39, 0.29) is 23.6 Å². The van der Waals surface area contributed by atoms with E-state index in [0.717, 1.165) is 73.3 Å². The maximum absolute atomic E-state index is 12.8. The number of nitrogens with zero attached hydrogens (tertiary/aromatic N) is 16. The summed E-state index contributed by atoms with van der Waals surface area (Å²) in [6.07, 6.45) is 13.1. The fourth-order valence-corrected chi connectivity index (χ4v) is 11.8. The van der Waals surface area contributed by atoms with Gasteiger partial charge in [0.1, 0.15) is 11.6 Å². The number of nitrogens with one attached hydrogen (secondary N) is 7. The van der Waals surface area contributed by atoms with Gasteiger partial charge in [-0.15, -0.1) is 25.5 Å². The van der Waals surface area contributed by atoms with Crippen LogP contribution in [0.25, 0.3) is 0 Å². The van der Waals surface area contributed by atoms with E-state index in [1.54, 1.807) is 158 Å². The lowest BCUT2D eigenvalue weighted by Crippen LogP contribution is -2.30. The average Bonchev–Trinajstić information content (AvgIpc) is 1.03. The van der Waals surface area contributed by atoms with Gasteiger partial charge in [-0.25, -0.2) is 9.37 Å². The Morgan fingerprint density at radius 1 is 0.513 bits per heavy atom. The van der Waals surface area contributed by atoms with Crippen molar-refractivity contribution in [3.05, 3.63) is 217 Å². The minimum Gasteiger partial charge on any atom is -0.481 e. The van der Waals surface area contributed by atoms with Gasteiger partial charge >= 0.3 is 23.9 Å². The number of rotatable bonds is 26. The van der Waals surface area contributed by atoms with Crippen molar-refractivity contribution in [3.63, 3.8) is 0 Å². The normalized spacial score (nSPS) is 11.5. The number of aromatic amines is 1. The molecule has 0 bridgehead atoms. The van der Waals surface area contributed by atoms with Crippen molar-refractivity contribution >= 4 is 151 Å². The quantitative estimate of drug-likeness (QED) is 0.0239. The van der Waals surface area contributed by atoms with E-state index in [2.05, 4.69) is 93.0 Å². The number of anilines is 12. The van der Waals surface area contributed by atoms with Gasteiger partial charge in [0.2, 0.25) is 0 Å². The molecular formula is C77H92Cl5FN24O8. The third kappa shape index (κ3) is 29.6. The van der Waals surface area contributed by atoms with Crippen LogP contribution in [-0.4, -0.2) is 129 Å². The Balaban J connectivity index is 0.000000192. The van der Waals surface area contributed by atoms with Crippen LogP contribution in [0.4, 0.5) is 73.4 Å². The number of carbonyl (C=O) groups is 4. The zero-order valence-electron chi connectivity index (χ0n) is 65.3. The molecule has 13 N–H and O–H groups in total. The monoisotopic (exact) mass is 1670 g/mol. The van der Waals surface area contributed by atoms with Gasteiger partial charge in [0, 0.05) is 107 Å². The van der Waals surface area contributed by atoms with Gasteiger partial charge < -0.3 is 63.0 Å². The van der Waals surface area contributed by atoms with Gasteiger partial charge in [-0.3, -0.25) is 23.9 Å². The van der Waals surface area contributed by atoms with Crippen LogP contribution in [0.2, 0.25) is 25.1 Å². The molecule has 12 aromatic rings. The molecule has 0 saturated heterocycles. The van der Waals surface area contributed by atoms with Crippen molar-refractivity contribution in [1.82, 2.24) is 84.9 Å². The standard InChI is InChI=1S/C16H21ClN4O2.C15H19ClN4O2.C14H17ClN4O2.C12H13ClN4O2.C10H11ClN4.C10H11FN4/c1-16(2,3)12(15(22)23)8-10-7-11(17)5-6-13(10)19-14-9-18-21(4)20-14;1-9(2)12(15(21)22)7-10-6-11(16)4-5-13(10)18-14-8-17-20(3)19-14;1-14(2,13(20)21)7-9-6-10(15)4-5-11(9)17-12-8-16-19(3)18-12;1-17-14-7-11(16-17)15-10-4-3-9(13)6-8(10)2-5-12(18)19;11-8-1-2-9(7(3-8)4-12)15-10-5-13-6-14-10;1-7-5-8(11)3-4-9(7)12-10-6-15(2)14-13-10/h5-7,9,12H,8H2,1-4H3,(H,19,20)(H,22,23);4-6,8-9,12H,7H2,1-3H3,(H,18,19)(H,21,22);4-6,8H,7H2,1-3H3,(H,17,18)(H,20,21);3-4,6-7H,2,5H2,1H3,(H,15,16)(H,18,19);1-3,5-6,15H,4,12H2,(H,13,14);3-6,12H,1-2H3. The first kappa shape index (κ1) is 90.4. The molecule has 32 nitrogen and oxygen atoms in total. The SMILES string of the molecule is CC(C)C(Cc1cc(Cl)ccc1Nc1cnn(C)n1)C(=O)O.Cc1cc(F)ccc1Nc1cn(C)nn1.Cn1ncc(Nc2ccc(Cl)cc2CC(C(=O)O)C(C)(C)C)n1.Cn1ncc(Nc2ccc(Cl)cc2CC(C)(C)C(=O)O)n1.Cn1ncc(Nc2ccc(Cl)cc2CCC(=O)O)n1.NCc1cc(Cl)ccc1Nc1cnc[nH]1. The molecule has 0 radical (unpaired) electrons. The number of hydrogen-bond acceptors (Lipinski definition) is 22. The summed E-state index contributed by atoms with van der Waals surface area (Å²) in [5.74, 6) is -0.667. The van der Waals surface area contributed by atoms with Gasteiger partial charge in [0.25, 0.3) is 0 Å². The number of nitrogens with two attached hydrogens (primary N) is 1. The van der Waals surface area contributed by atoms with Crippen LogP contribution in [0.3, 0.4) is 0 Å². The number of halogens is 6. The van der Waals surface area contributed by atoms with Crippen LogP contribution in [0.5, 0.6) is 0 Å². The number of imidazole rings is 1. The van der Waals surface area contributed by atoms with Crippen molar-refractivity contribution in [1.29, 1.82) is 0 Å². The van der Waals surface area contributed by atoms with E-state index in [1.165, 1.54) is 31.3 Å². The molecule has 610 valence electrons. The first-order valence-electron chi connectivity index (χ1n) is 35.5. The molecule has 0 saturated carbocycles. The summed E-state index contributed by atoms with van der Waals surface area (Å²) in [6, 6.07) is 31.5. The highest BCUT2D eigenvalue weighted by atomic mass is 35.5. The molecule has 38 heteroatoms. The van der Waals surface area contributed by atoms with Crippen LogP contribution < -0.4 is 37.6 Å². The summed E-state index contributed by atoms with van der Waals surface area (Å²) in [4.78, 5) is 57.7. The van der Waals surface area contributed by atoms with Crippen LogP contribution >= 0.6 is 58.0 Å². The minimum absolute atomic E-state index is 0.0286. The van der Waals surface area contributed by atoms with Gasteiger partial charge in [-0.1, -0.05) is 97.8 Å². The second-order valence-corrected chi connectivity index (χ2v) is 30.3. The summed E-state index contributed by atoms with van der Waals surface area (Å²) in [6.45, 7) is 15.2. The molecule has 6 aromatic heterocycles. The molecule has 0 aliphatic carbocycles. The number of aryl methyl sites for hydroxylation is 7. The topological polar surface area (TPSA) is 430 Å². The molecule has 2 atom stereocenters.